The van der Waals surface area contributed by atoms with Crippen LogP contribution in [-0.2, 0) is 6.42 Å². The number of halogens is 1. The van der Waals surface area contributed by atoms with Crippen molar-refractivity contribution in [3.05, 3.63) is 44.3 Å². The average Bonchev–Trinajstić information content (AvgIpc) is 2.80. The number of hydrogen-bond acceptors (Lipinski definition) is 4. The van der Waals surface area contributed by atoms with Crippen LogP contribution >= 0.6 is 27.3 Å². The molecule has 3 nitrogen and oxygen atoms in total. The Hall–Kier alpha value is -1.20. The van der Waals surface area contributed by atoms with Gasteiger partial charge in [-0.15, -0.1) is 11.3 Å². The summed E-state index contributed by atoms with van der Waals surface area (Å²) in [5.41, 5.74) is 2.06. The molecule has 1 unspecified atom stereocenters. The van der Waals surface area contributed by atoms with Crippen molar-refractivity contribution in [2.75, 3.05) is 7.11 Å². The summed E-state index contributed by atoms with van der Waals surface area (Å²) in [6.07, 6.45) is 1.37. The molecule has 0 spiro atoms. The lowest BCUT2D eigenvalue weighted by atomic mass is 9.84. The van der Waals surface area contributed by atoms with Crippen LogP contribution < -0.4 is 4.74 Å². The highest BCUT2D eigenvalue weighted by Crippen LogP contribution is 2.37. The molecule has 0 radical (unpaired) electrons. The monoisotopic (exact) mass is 337 g/mol. The summed E-state index contributed by atoms with van der Waals surface area (Å²) in [6.45, 7) is 0. The van der Waals surface area contributed by atoms with Gasteiger partial charge in [0.25, 0.3) is 0 Å². The number of ketones is 1. The van der Waals surface area contributed by atoms with Gasteiger partial charge in [0.2, 0.25) is 0 Å². The molecule has 5 heteroatoms. The van der Waals surface area contributed by atoms with Crippen molar-refractivity contribution in [1.29, 1.82) is 0 Å². The van der Waals surface area contributed by atoms with Gasteiger partial charge in [0, 0.05) is 6.42 Å². The Morgan fingerprint density at radius 2 is 2.26 bits per heavy atom. The smallest absolute Gasteiger partial charge is 0.175 e. The predicted molar refractivity (Wildman–Crippen MR) is 78.2 cm³/mol. The first-order chi connectivity index (χ1) is 9.17. The number of Topliss-reactive ketones (excluding diaryl/α,β-unsaturated/α-hetero) is 1. The molecule has 0 fully saturated rings. The zero-order chi connectivity index (χ0) is 13.4. The number of methoxy groups -OCH3 is 1. The van der Waals surface area contributed by atoms with E-state index in [4.69, 9.17) is 4.74 Å². The largest absolute Gasteiger partial charge is 0.497 e. The number of hydrogen-bond donors (Lipinski definition) is 0. The topological polar surface area (TPSA) is 39.2 Å². The minimum absolute atomic E-state index is 0.192. The number of carbonyl (C=O) groups excluding carboxylic acids is 1. The molecule has 1 atom stereocenters. The van der Waals surface area contributed by atoms with Crippen LogP contribution in [0.1, 0.15) is 33.3 Å². The molecule has 0 bridgehead atoms. The third kappa shape index (κ3) is 2.44. The molecule has 2 aromatic rings. The van der Waals surface area contributed by atoms with Crippen LogP contribution in [0.25, 0.3) is 0 Å². The highest BCUT2D eigenvalue weighted by Gasteiger charge is 2.29. The van der Waals surface area contributed by atoms with Gasteiger partial charge in [0.1, 0.15) is 5.75 Å². The third-order valence-corrected chi connectivity index (χ3v) is 4.95. The van der Waals surface area contributed by atoms with Gasteiger partial charge in [-0.3, -0.25) is 4.79 Å². The van der Waals surface area contributed by atoms with Crippen LogP contribution in [0, 0.1) is 0 Å². The van der Waals surface area contributed by atoms with E-state index in [0.29, 0.717) is 6.42 Å². The summed E-state index contributed by atoms with van der Waals surface area (Å²) >= 11 is 4.79. The molecule has 1 aromatic heterocycles. The van der Waals surface area contributed by atoms with E-state index in [2.05, 4.69) is 20.9 Å². The molecule has 1 aliphatic carbocycles. The van der Waals surface area contributed by atoms with Crippen LogP contribution in [-0.4, -0.2) is 17.9 Å². The molecule has 1 aliphatic rings. The van der Waals surface area contributed by atoms with E-state index in [1.807, 2.05) is 24.3 Å². The zero-order valence-corrected chi connectivity index (χ0v) is 12.8. The van der Waals surface area contributed by atoms with Crippen LogP contribution in [0.15, 0.2) is 28.2 Å². The van der Waals surface area contributed by atoms with E-state index < -0.39 is 0 Å². The quantitative estimate of drug-likeness (QED) is 0.835. The van der Waals surface area contributed by atoms with Gasteiger partial charge in [-0.1, -0.05) is 12.1 Å². The standard InChI is InChI=1S/C14H12BrNO2S/c1-18-10-4-2-3-8(5-10)9-6-11-13(12(17)7-9)19-14(15)16-11/h2-5,9H,6-7H2,1H3. The van der Waals surface area contributed by atoms with E-state index in [9.17, 15) is 4.79 Å². The van der Waals surface area contributed by atoms with Gasteiger partial charge < -0.3 is 4.74 Å². The first-order valence-electron chi connectivity index (χ1n) is 5.99. The minimum atomic E-state index is 0.192. The number of fused-ring (bicyclic) bond motifs is 1. The summed E-state index contributed by atoms with van der Waals surface area (Å²) < 4.78 is 6.03. The first kappa shape index (κ1) is 12.8. The summed E-state index contributed by atoms with van der Waals surface area (Å²) in [7, 11) is 1.65. The summed E-state index contributed by atoms with van der Waals surface area (Å²) in [4.78, 5) is 17.4. The average molecular weight is 338 g/mol. The van der Waals surface area contributed by atoms with Gasteiger partial charge in [-0.2, -0.15) is 0 Å². The van der Waals surface area contributed by atoms with Crippen molar-refractivity contribution < 1.29 is 9.53 Å². The Labute approximate surface area is 123 Å². The maximum absolute atomic E-state index is 12.2. The Bertz CT molecular complexity index is 638. The SMILES string of the molecule is COc1cccc(C2CC(=O)c3sc(Br)nc3C2)c1. The molecule has 1 heterocycles. The number of ether oxygens (including phenoxy) is 1. The normalized spacial score (nSPS) is 18.2. The summed E-state index contributed by atoms with van der Waals surface area (Å²) in [6, 6.07) is 7.93. The number of thiazole rings is 1. The second-order valence-electron chi connectivity index (χ2n) is 4.55. The molecular formula is C14H12BrNO2S. The van der Waals surface area contributed by atoms with Crippen LogP contribution in [0.5, 0.6) is 5.75 Å². The molecule has 0 amide bonds. The number of benzene rings is 1. The fourth-order valence-electron chi connectivity index (χ4n) is 2.43. The zero-order valence-electron chi connectivity index (χ0n) is 10.4. The van der Waals surface area contributed by atoms with E-state index >= 15 is 0 Å². The van der Waals surface area contributed by atoms with Gasteiger partial charge >= 0.3 is 0 Å². The number of nitrogens with zero attached hydrogens (tertiary/aromatic N) is 1. The number of rotatable bonds is 2. The first-order valence-corrected chi connectivity index (χ1v) is 7.60. The Morgan fingerprint density at radius 3 is 3.05 bits per heavy atom. The summed E-state index contributed by atoms with van der Waals surface area (Å²) in [5, 5.41) is 0. The van der Waals surface area contributed by atoms with E-state index in [-0.39, 0.29) is 11.7 Å². The fraction of sp³-hybridized carbons (Fsp3) is 0.286. The fourth-order valence-corrected chi connectivity index (χ4v) is 3.90. The van der Waals surface area contributed by atoms with Crippen molar-refractivity contribution in [3.63, 3.8) is 0 Å². The molecule has 1 aromatic carbocycles. The summed E-state index contributed by atoms with van der Waals surface area (Å²) in [5.74, 6) is 1.22. The second-order valence-corrected chi connectivity index (χ2v) is 6.82. The van der Waals surface area contributed by atoms with Gasteiger partial charge in [0.05, 0.1) is 17.7 Å². The van der Waals surface area contributed by atoms with E-state index in [0.717, 1.165) is 32.2 Å². The van der Waals surface area contributed by atoms with E-state index in [1.165, 1.54) is 11.3 Å². The van der Waals surface area contributed by atoms with Crippen molar-refractivity contribution in [2.45, 2.75) is 18.8 Å². The molecule has 0 saturated heterocycles. The number of aromatic nitrogens is 1. The number of carbonyl (C=O) groups is 1. The Balaban J connectivity index is 1.94. The lowest BCUT2D eigenvalue weighted by Crippen LogP contribution is -2.17. The van der Waals surface area contributed by atoms with Crippen LogP contribution in [0.2, 0.25) is 0 Å². The molecule has 3 rings (SSSR count). The maximum Gasteiger partial charge on any atom is 0.175 e. The van der Waals surface area contributed by atoms with Crippen LogP contribution in [0.4, 0.5) is 0 Å². The van der Waals surface area contributed by atoms with Crippen molar-refractivity contribution >= 4 is 33.0 Å². The van der Waals surface area contributed by atoms with Gasteiger partial charge in [-0.25, -0.2) is 4.98 Å². The molecule has 0 N–H and O–H groups in total. The second kappa shape index (κ2) is 5.06. The van der Waals surface area contributed by atoms with Gasteiger partial charge in [0.15, 0.2) is 9.70 Å². The molecule has 0 saturated carbocycles. The molecule has 98 valence electrons. The highest BCUT2D eigenvalue weighted by molar-refractivity contribution is 9.11. The molecule has 0 aliphatic heterocycles. The van der Waals surface area contributed by atoms with Crippen molar-refractivity contribution in [3.8, 4) is 5.75 Å². The maximum atomic E-state index is 12.2. The van der Waals surface area contributed by atoms with Gasteiger partial charge in [-0.05, 0) is 46.0 Å². The minimum Gasteiger partial charge on any atom is -0.497 e. The predicted octanol–water partition coefficient (Wildman–Crippen LogP) is 3.83. The Kier molecular flexibility index (Phi) is 3.41. The van der Waals surface area contributed by atoms with Crippen molar-refractivity contribution in [1.82, 2.24) is 4.98 Å². The lowest BCUT2D eigenvalue weighted by molar-refractivity contribution is 0.0968. The molecule has 19 heavy (non-hydrogen) atoms. The Morgan fingerprint density at radius 1 is 1.42 bits per heavy atom. The van der Waals surface area contributed by atoms with E-state index in [1.54, 1.807) is 7.11 Å². The van der Waals surface area contributed by atoms with Crippen molar-refractivity contribution in [2.24, 2.45) is 0 Å². The lowest BCUT2D eigenvalue weighted by Gasteiger charge is -2.20. The van der Waals surface area contributed by atoms with Crippen LogP contribution in [0.3, 0.4) is 0 Å². The molecular weight excluding hydrogens is 326 g/mol. The highest BCUT2D eigenvalue weighted by atomic mass is 79.9. The third-order valence-electron chi connectivity index (χ3n) is 3.36.